The number of methoxy groups -OCH3 is 1. The first-order valence-electron chi connectivity index (χ1n) is 7.03. The molecule has 0 aromatic heterocycles. The summed E-state index contributed by atoms with van der Waals surface area (Å²) in [5, 5.41) is 14.4. The summed E-state index contributed by atoms with van der Waals surface area (Å²) in [6.07, 6.45) is 0. The van der Waals surface area contributed by atoms with Gasteiger partial charge in [-0.2, -0.15) is 8.78 Å². The fourth-order valence-corrected chi connectivity index (χ4v) is 3.10. The van der Waals surface area contributed by atoms with Crippen LogP contribution < -0.4 is 10.1 Å². The Morgan fingerprint density at radius 2 is 1.96 bits per heavy atom. The van der Waals surface area contributed by atoms with Crippen LogP contribution in [0.1, 0.15) is 5.56 Å². The molecule has 1 N–H and O–H groups in total. The molecule has 0 unspecified atom stereocenters. The van der Waals surface area contributed by atoms with E-state index in [-0.39, 0.29) is 12.2 Å². The molecule has 140 valence electrons. The summed E-state index contributed by atoms with van der Waals surface area (Å²) >= 11 is 5.91. The van der Waals surface area contributed by atoms with E-state index in [0.29, 0.717) is 22.4 Å². The van der Waals surface area contributed by atoms with Crippen molar-refractivity contribution in [1.82, 2.24) is 0 Å². The Kier molecular flexibility index (Phi) is 5.98. The van der Waals surface area contributed by atoms with Gasteiger partial charge in [0.1, 0.15) is 11.4 Å². The van der Waals surface area contributed by atoms with Crippen LogP contribution in [0.5, 0.6) is 5.75 Å². The minimum absolute atomic E-state index is 0.0368. The van der Waals surface area contributed by atoms with Gasteiger partial charge in [0.05, 0.1) is 16.9 Å². The van der Waals surface area contributed by atoms with E-state index >= 15 is 0 Å². The summed E-state index contributed by atoms with van der Waals surface area (Å²) in [7, 11) is -3.49. The molecule has 26 heavy (non-hydrogen) atoms. The highest BCUT2D eigenvalue weighted by molar-refractivity contribution is 7.91. The first kappa shape index (κ1) is 19.9. The lowest BCUT2D eigenvalue weighted by Crippen LogP contribution is -2.12. The predicted octanol–water partition coefficient (Wildman–Crippen LogP) is 3.87. The zero-order valence-corrected chi connectivity index (χ0v) is 14.9. The summed E-state index contributed by atoms with van der Waals surface area (Å²) in [4.78, 5) is 9.51. The van der Waals surface area contributed by atoms with Crippen molar-refractivity contribution in [2.75, 3.05) is 12.4 Å². The SMILES string of the molecule is COc1ccc(Cl)cc1CNc1ccc(S(=O)(=O)C(F)F)cc1[N+](=O)[O-]. The number of hydrogen-bond acceptors (Lipinski definition) is 6. The normalized spacial score (nSPS) is 11.4. The summed E-state index contributed by atoms with van der Waals surface area (Å²) in [5.41, 5.74) is -0.0865. The van der Waals surface area contributed by atoms with Gasteiger partial charge in [0.2, 0.25) is 9.84 Å². The lowest BCUT2D eigenvalue weighted by molar-refractivity contribution is -0.384. The second kappa shape index (κ2) is 7.83. The summed E-state index contributed by atoms with van der Waals surface area (Å²) < 4.78 is 53.4. The van der Waals surface area contributed by atoms with Crippen LogP contribution >= 0.6 is 11.6 Å². The lowest BCUT2D eigenvalue weighted by Gasteiger charge is -2.12. The summed E-state index contributed by atoms with van der Waals surface area (Å²) in [6, 6.07) is 7.35. The molecule has 0 saturated carbocycles. The van der Waals surface area contributed by atoms with Crippen LogP contribution in [0.25, 0.3) is 0 Å². The van der Waals surface area contributed by atoms with Crippen LogP contribution in [-0.4, -0.2) is 26.2 Å². The van der Waals surface area contributed by atoms with Crippen molar-refractivity contribution in [1.29, 1.82) is 0 Å². The second-order valence-electron chi connectivity index (χ2n) is 5.05. The molecular formula is C15H13ClF2N2O5S. The van der Waals surface area contributed by atoms with E-state index in [9.17, 15) is 27.3 Å². The number of ether oxygens (including phenoxy) is 1. The molecule has 2 aromatic carbocycles. The van der Waals surface area contributed by atoms with Gasteiger partial charge in [-0.3, -0.25) is 10.1 Å². The third-order valence-corrected chi connectivity index (χ3v) is 5.06. The molecule has 0 amide bonds. The molecule has 0 atom stereocenters. The van der Waals surface area contributed by atoms with Gasteiger partial charge in [0.25, 0.3) is 5.69 Å². The standard InChI is InChI=1S/C15H13ClF2N2O5S/c1-25-14-5-2-10(16)6-9(14)8-19-12-4-3-11(7-13(12)20(21)22)26(23,24)15(17)18/h2-7,15,19H,8H2,1H3. The first-order valence-corrected chi connectivity index (χ1v) is 8.96. The fraction of sp³-hybridized carbons (Fsp3) is 0.200. The fourth-order valence-electron chi connectivity index (χ4n) is 2.17. The molecule has 0 aliphatic rings. The Morgan fingerprint density at radius 3 is 2.54 bits per heavy atom. The minimum atomic E-state index is -4.94. The number of sulfone groups is 1. The molecule has 0 aliphatic heterocycles. The number of nitro groups is 1. The van der Waals surface area contributed by atoms with Crippen LogP contribution in [0, 0.1) is 10.1 Å². The first-order chi connectivity index (χ1) is 12.2. The van der Waals surface area contributed by atoms with E-state index in [4.69, 9.17) is 16.3 Å². The number of anilines is 1. The van der Waals surface area contributed by atoms with Crippen molar-refractivity contribution in [3.8, 4) is 5.75 Å². The summed E-state index contributed by atoms with van der Waals surface area (Å²) in [5.74, 6) is -3.18. The monoisotopic (exact) mass is 406 g/mol. The smallest absolute Gasteiger partial charge is 0.341 e. The number of nitrogens with one attached hydrogen (secondary N) is 1. The minimum Gasteiger partial charge on any atom is -0.496 e. The molecule has 2 rings (SSSR count). The van der Waals surface area contributed by atoms with E-state index in [1.165, 1.54) is 7.11 Å². The van der Waals surface area contributed by atoms with Crippen molar-refractivity contribution in [3.63, 3.8) is 0 Å². The van der Waals surface area contributed by atoms with Crippen LogP contribution in [0.3, 0.4) is 0 Å². The average molecular weight is 407 g/mol. The molecule has 0 radical (unpaired) electrons. The lowest BCUT2D eigenvalue weighted by atomic mass is 10.2. The van der Waals surface area contributed by atoms with Gasteiger partial charge >= 0.3 is 5.76 Å². The highest BCUT2D eigenvalue weighted by Crippen LogP contribution is 2.31. The molecule has 0 saturated heterocycles. The predicted molar refractivity (Wildman–Crippen MR) is 91.6 cm³/mol. The van der Waals surface area contributed by atoms with Crippen LogP contribution in [-0.2, 0) is 16.4 Å². The van der Waals surface area contributed by atoms with Crippen LogP contribution in [0.4, 0.5) is 20.2 Å². The molecule has 0 bridgehead atoms. The highest BCUT2D eigenvalue weighted by Gasteiger charge is 2.29. The van der Waals surface area contributed by atoms with Crippen molar-refractivity contribution < 1.29 is 26.9 Å². The van der Waals surface area contributed by atoms with E-state index in [2.05, 4.69) is 5.32 Å². The quantitative estimate of drug-likeness (QED) is 0.553. The Hall–Kier alpha value is -2.46. The van der Waals surface area contributed by atoms with Gasteiger partial charge in [-0.05, 0) is 30.3 Å². The van der Waals surface area contributed by atoms with Crippen molar-refractivity contribution in [2.45, 2.75) is 17.2 Å². The Balaban J connectivity index is 2.36. The van der Waals surface area contributed by atoms with Gasteiger partial charge in [0.15, 0.2) is 0 Å². The largest absolute Gasteiger partial charge is 0.496 e. The Morgan fingerprint density at radius 1 is 1.27 bits per heavy atom. The van der Waals surface area contributed by atoms with Gasteiger partial charge in [-0.25, -0.2) is 8.42 Å². The van der Waals surface area contributed by atoms with Gasteiger partial charge < -0.3 is 10.1 Å². The molecular weight excluding hydrogens is 394 g/mol. The Bertz CT molecular complexity index is 938. The number of hydrogen-bond donors (Lipinski definition) is 1. The maximum atomic E-state index is 12.6. The van der Waals surface area contributed by atoms with Crippen molar-refractivity contribution >= 4 is 32.8 Å². The van der Waals surface area contributed by atoms with Crippen molar-refractivity contribution in [2.24, 2.45) is 0 Å². The average Bonchev–Trinajstić information content (AvgIpc) is 2.59. The molecule has 7 nitrogen and oxygen atoms in total. The zero-order valence-electron chi connectivity index (χ0n) is 13.3. The number of nitrogens with zero attached hydrogens (tertiary/aromatic N) is 1. The molecule has 0 fully saturated rings. The zero-order chi connectivity index (χ0) is 19.5. The van der Waals surface area contributed by atoms with Gasteiger partial charge in [-0.15, -0.1) is 0 Å². The van der Waals surface area contributed by atoms with Gasteiger partial charge in [-0.1, -0.05) is 11.6 Å². The molecule has 2 aromatic rings. The maximum Gasteiger partial charge on any atom is 0.341 e. The van der Waals surface area contributed by atoms with E-state index in [0.717, 1.165) is 12.1 Å². The number of halogens is 3. The molecule has 0 aliphatic carbocycles. The second-order valence-corrected chi connectivity index (χ2v) is 7.41. The number of alkyl halides is 2. The van der Waals surface area contributed by atoms with Crippen LogP contribution in [0.2, 0.25) is 5.02 Å². The topological polar surface area (TPSA) is 98.5 Å². The Labute approximate surface area is 152 Å². The molecule has 0 heterocycles. The summed E-state index contributed by atoms with van der Waals surface area (Å²) in [6.45, 7) is 0.0749. The molecule has 11 heteroatoms. The van der Waals surface area contributed by atoms with E-state index in [1.54, 1.807) is 18.2 Å². The van der Waals surface area contributed by atoms with E-state index < -0.39 is 31.1 Å². The maximum absolute atomic E-state index is 12.6. The van der Waals surface area contributed by atoms with Crippen LogP contribution in [0.15, 0.2) is 41.3 Å². The highest BCUT2D eigenvalue weighted by atomic mass is 35.5. The van der Waals surface area contributed by atoms with Crippen molar-refractivity contribution in [3.05, 3.63) is 57.1 Å². The molecule has 0 spiro atoms. The number of nitro benzene ring substituents is 1. The third kappa shape index (κ3) is 4.20. The number of rotatable bonds is 7. The third-order valence-electron chi connectivity index (χ3n) is 3.44. The van der Waals surface area contributed by atoms with Gasteiger partial charge in [0, 0.05) is 23.2 Å². The van der Waals surface area contributed by atoms with E-state index in [1.807, 2.05) is 0 Å². The number of benzene rings is 2.